The normalized spacial score (nSPS) is 14.5. The number of piperazine rings is 1. The van der Waals surface area contributed by atoms with E-state index in [9.17, 15) is 14.0 Å². The van der Waals surface area contributed by atoms with Gasteiger partial charge in [-0.25, -0.2) is 4.39 Å². The van der Waals surface area contributed by atoms with Crippen LogP contribution in [-0.4, -0.2) is 68.1 Å². The van der Waals surface area contributed by atoms with Crippen molar-refractivity contribution in [3.8, 4) is 11.4 Å². The summed E-state index contributed by atoms with van der Waals surface area (Å²) in [6.45, 7) is 4.03. The monoisotopic (exact) mass is 424 g/mol. The minimum atomic E-state index is -0.471. The Morgan fingerprint density at radius 2 is 1.84 bits per heavy atom. The molecule has 0 atom stereocenters. The van der Waals surface area contributed by atoms with E-state index in [1.807, 2.05) is 0 Å². The zero-order chi connectivity index (χ0) is 21.8. The Labute approximate surface area is 178 Å². The fourth-order valence-electron chi connectivity index (χ4n) is 3.48. The molecule has 0 unspecified atom stereocenters. The Morgan fingerprint density at radius 1 is 1.06 bits per heavy atom. The van der Waals surface area contributed by atoms with Crippen LogP contribution in [0.4, 0.5) is 4.39 Å². The Hall–Kier alpha value is -3.66. The van der Waals surface area contributed by atoms with Gasteiger partial charge in [-0.1, -0.05) is 18.2 Å². The summed E-state index contributed by atoms with van der Waals surface area (Å²) in [5.41, 5.74) is 0.914. The van der Waals surface area contributed by atoms with Crippen LogP contribution in [0, 0.1) is 5.82 Å². The first kappa shape index (κ1) is 20.6. The molecule has 31 heavy (non-hydrogen) atoms. The van der Waals surface area contributed by atoms with Crippen molar-refractivity contribution in [1.82, 2.24) is 30.0 Å². The lowest BCUT2D eigenvalue weighted by Crippen LogP contribution is -2.48. The third-order valence-electron chi connectivity index (χ3n) is 4.98. The molecule has 0 bridgehead atoms. The first-order chi connectivity index (χ1) is 15.0. The number of tetrazole rings is 1. The molecule has 1 aliphatic rings. The molecule has 160 valence electrons. The van der Waals surface area contributed by atoms with Crippen LogP contribution in [0.3, 0.4) is 0 Å². The van der Waals surface area contributed by atoms with E-state index in [4.69, 9.17) is 4.74 Å². The van der Waals surface area contributed by atoms with Crippen LogP contribution in [-0.2, 0) is 11.3 Å². The van der Waals surface area contributed by atoms with E-state index in [0.717, 1.165) is 0 Å². The topological polar surface area (TPSA) is 93.5 Å². The van der Waals surface area contributed by atoms with Gasteiger partial charge in [-0.15, -0.1) is 5.10 Å². The number of rotatable bonds is 5. The highest BCUT2D eigenvalue weighted by Crippen LogP contribution is 2.21. The van der Waals surface area contributed by atoms with Crippen LogP contribution in [0.2, 0.25) is 0 Å². The smallest absolute Gasteiger partial charge is 0.308 e. The molecule has 1 fully saturated rings. The minimum absolute atomic E-state index is 0.180. The SMILES string of the molecule is CC(=O)Oc1ccccc1C(=O)N1CCN(Cc2nnnn2-c2cccc(F)c2)CC1. The molecule has 0 spiro atoms. The number of hydrogen-bond acceptors (Lipinski definition) is 7. The molecule has 1 saturated heterocycles. The van der Waals surface area contributed by atoms with Crippen molar-refractivity contribution in [3.63, 3.8) is 0 Å². The van der Waals surface area contributed by atoms with Gasteiger partial charge in [0.05, 0.1) is 17.8 Å². The van der Waals surface area contributed by atoms with Crippen LogP contribution >= 0.6 is 0 Å². The maximum atomic E-state index is 13.5. The van der Waals surface area contributed by atoms with E-state index >= 15 is 0 Å². The van der Waals surface area contributed by atoms with Crippen LogP contribution in [0.5, 0.6) is 5.75 Å². The van der Waals surface area contributed by atoms with Gasteiger partial charge < -0.3 is 9.64 Å². The van der Waals surface area contributed by atoms with Crippen LogP contribution < -0.4 is 4.74 Å². The number of amides is 1. The molecular weight excluding hydrogens is 403 g/mol. The Morgan fingerprint density at radius 3 is 2.58 bits per heavy atom. The molecule has 0 aliphatic carbocycles. The molecule has 9 nitrogen and oxygen atoms in total. The van der Waals surface area contributed by atoms with Gasteiger partial charge in [0.1, 0.15) is 11.6 Å². The number of carbonyl (C=O) groups excluding carboxylic acids is 2. The molecule has 1 aromatic heterocycles. The average Bonchev–Trinajstić information content (AvgIpc) is 3.22. The second kappa shape index (κ2) is 9.00. The zero-order valence-electron chi connectivity index (χ0n) is 16.9. The molecule has 4 rings (SSSR count). The number of nitrogens with zero attached hydrogens (tertiary/aromatic N) is 6. The number of ether oxygens (including phenoxy) is 1. The number of aromatic nitrogens is 4. The van der Waals surface area contributed by atoms with E-state index in [2.05, 4.69) is 20.4 Å². The highest BCUT2D eigenvalue weighted by molar-refractivity contribution is 5.97. The fraction of sp³-hybridized carbons (Fsp3) is 0.286. The lowest BCUT2D eigenvalue weighted by molar-refractivity contribution is -0.131. The highest BCUT2D eigenvalue weighted by Gasteiger charge is 2.25. The third-order valence-corrected chi connectivity index (χ3v) is 4.98. The summed E-state index contributed by atoms with van der Waals surface area (Å²) >= 11 is 0. The van der Waals surface area contributed by atoms with E-state index in [-0.39, 0.29) is 17.5 Å². The molecule has 2 aromatic carbocycles. The molecule has 2 heterocycles. The second-order valence-corrected chi connectivity index (χ2v) is 7.14. The fourth-order valence-corrected chi connectivity index (χ4v) is 3.48. The summed E-state index contributed by atoms with van der Waals surface area (Å²) in [4.78, 5) is 28.1. The van der Waals surface area contributed by atoms with Crippen molar-refractivity contribution in [2.75, 3.05) is 26.2 Å². The van der Waals surface area contributed by atoms with Crippen molar-refractivity contribution < 1.29 is 18.7 Å². The van der Waals surface area contributed by atoms with Gasteiger partial charge in [0.2, 0.25) is 0 Å². The lowest BCUT2D eigenvalue weighted by Gasteiger charge is -2.34. The van der Waals surface area contributed by atoms with Crippen molar-refractivity contribution in [1.29, 1.82) is 0 Å². The third kappa shape index (κ3) is 4.75. The van der Waals surface area contributed by atoms with Crippen molar-refractivity contribution in [2.24, 2.45) is 0 Å². The van der Waals surface area contributed by atoms with Gasteiger partial charge in [-0.3, -0.25) is 14.5 Å². The Kier molecular flexibility index (Phi) is 5.99. The molecule has 0 radical (unpaired) electrons. The van der Waals surface area contributed by atoms with Gasteiger partial charge in [0.15, 0.2) is 5.82 Å². The van der Waals surface area contributed by atoms with E-state index in [1.165, 1.54) is 23.7 Å². The minimum Gasteiger partial charge on any atom is -0.426 e. The summed E-state index contributed by atoms with van der Waals surface area (Å²) in [5.74, 6) is -0.162. The number of carbonyl (C=O) groups is 2. The van der Waals surface area contributed by atoms with Gasteiger partial charge in [-0.05, 0) is 40.8 Å². The van der Waals surface area contributed by atoms with Gasteiger partial charge >= 0.3 is 5.97 Å². The summed E-state index contributed by atoms with van der Waals surface area (Å²) in [6, 6.07) is 12.8. The molecule has 0 saturated carbocycles. The van der Waals surface area contributed by atoms with E-state index < -0.39 is 5.97 Å². The maximum Gasteiger partial charge on any atom is 0.308 e. The van der Waals surface area contributed by atoms with Crippen LogP contribution in [0.15, 0.2) is 48.5 Å². The Balaban J connectivity index is 1.40. The molecule has 3 aromatic rings. The molecule has 10 heteroatoms. The van der Waals surface area contributed by atoms with Crippen molar-refractivity contribution >= 4 is 11.9 Å². The van der Waals surface area contributed by atoms with Crippen LogP contribution in [0.25, 0.3) is 5.69 Å². The summed E-state index contributed by atoms with van der Waals surface area (Å²) in [5, 5.41) is 11.7. The molecule has 0 N–H and O–H groups in total. The number of benzene rings is 2. The van der Waals surface area contributed by atoms with Crippen LogP contribution in [0.1, 0.15) is 23.1 Å². The Bertz CT molecular complexity index is 1090. The van der Waals surface area contributed by atoms with Gasteiger partial charge in [0, 0.05) is 33.1 Å². The highest BCUT2D eigenvalue weighted by atomic mass is 19.1. The lowest BCUT2D eigenvalue weighted by atomic mass is 10.1. The molecule has 1 aliphatic heterocycles. The summed E-state index contributed by atoms with van der Waals surface area (Å²) < 4.78 is 20.2. The second-order valence-electron chi connectivity index (χ2n) is 7.14. The number of esters is 1. The summed E-state index contributed by atoms with van der Waals surface area (Å²) in [6.07, 6.45) is 0. The number of para-hydroxylation sites is 1. The number of halogens is 1. The van der Waals surface area contributed by atoms with Gasteiger partial charge in [0.25, 0.3) is 5.91 Å². The van der Waals surface area contributed by atoms with E-state index in [0.29, 0.717) is 49.8 Å². The predicted molar refractivity (Wildman–Crippen MR) is 108 cm³/mol. The standard InChI is InChI=1S/C21H21FN6O3/c1-15(29)31-19-8-3-2-7-18(19)21(30)27-11-9-26(10-12-27)14-20-23-24-25-28(20)17-6-4-5-16(22)13-17/h2-8,13H,9-12,14H2,1H3. The van der Waals surface area contributed by atoms with Crippen molar-refractivity contribution in [3.05, 3.63) is 65.7 Å². The zero-order valence-corrected chi connectivity index (χ0v) is 16.9. The van der Waals surface area contributed by atoms with Gasteiger partial charge in [-0.2, -0.15) is 4.68 Å². The number of hydrogen-bond donors (Lipinski definition) is 0. The molecular formula is C21H21FN6O3. The maximum absolute atomic E-state index is 13.5. The van der Waals surface area contributed by atoms with E-state index in [1.54, 1.807) is 41.3 Å². The first-order valence-electron chi connectivity index (χ1n) is 9.83. The average molecular weight is 424 g/mol. The largest absolute Gasteiger partial charge is 0.426 e. The first-order valence-corrected chi connectivity index (χ1v) is 9.83. The predicted octanol–water partition coefficient (Wildman–Crippen LogP) is 1.68. The summed E-state index contributed by atoms with van der Waals surface area (Å²) in [7, 11) is 0. The van der Waals surface area contributed by atoms with Crippen molar-refractivity contribution in [2.45, 2.75) is 13.5 Å². The molecule has 1 amide bonds. The quantitative estimate of drug-likeness (QED) is 0.454.